The molecule has 0 saturated heterocycles. The third-order valence-electron chi connectivity index (χ3n) is 3.00. The lowest BCUT2D eigenvalue weighted by atomic mass is 10.1. The number of hydrogen-bond donors (Lipinski definition) is 2. The van der Waals surface area contributed by atoms with E-state index >= 15 is 0 Å². The van der Waals surface area contributed by atoms with E-state index in [9.17, 15) is 4.79 Å². The van der Waals surface area contributed by atoms with Crippen LogP contribution in [0, 0.1) is 6.92 Å². The van der Waals surface area contributed by atoms with Gasteiger partial charge in [0.2, 0.25) is 5.91 Å². The van der Waals surface area contributed by atoms with Gasteiger partial charge in [-0.1, -0.05) is 24.4 Å². The van der Waals surface area contributed by atoms with Gasteiger partial charge < -0.3 is 15.8 Å². The molecule has 1 aliphatic carbocycles. The Morgan fingerprint density at radius 2 is 2.26 bits per heavy atom. The molecule has 1 fully saturated rings. The minimum Gasteiger partial charge on any atom is -0.493 e. The molecule has 0 unspecified atom stereocenters. The van der Waals surface area contributed by atoms with E-state index < -0.39 is 0 Å². The molecule has 0 aromatic heterocycles. The van der Waals surface area contributed by atoms with Crippen LogP contribution in [0.4, 0.5) is 0 Å². The highest BCUT2D eigenvalue weighted by molar-refractivity contribution is 7.80. The first-order chi connectivity index (χ1) is 9.06. The Hall–Kier alpha value is -1.62. The molecule has 19 heavy (non-hydrogen) atoms. The Bertz CT molecular complexity index is 498. The third-order valence-corrected chi connectivity index (χ3v) is 3.24. The monoisotopic (exact) mass is 278 g/mol. The standard InChI is InChI=1S/C14H18N2O2S/c1-9-2-3-10(14(15)19)8-12(9)18-7-6-13(17)16-11-4-5-11/h2-3,8,11H,4-7H2,1H3,(H2,15,19)(H,16,17). The van der Waals surface area contributed by atoms with Crippen molar-refractivity contribution in [1.29, 1.82) is 0 Å². The highest BCUT2D eigenvalue weighted by atomic mass is 32.1. The predicted octanol–water partition coefficient (Wildman–Crippen LogP) is 1.68. The normalized spacial score (nSPS) is 13.9. The number of ether oxygens (including phenoxy) is 1. The molecule has 1 amide bonds. The zero-order chi connectivity index (χ0) is 13.8. The van der Waals surface area contributed by atoms with Crippen LogP contribution in [0.2, 0.25) is 0 Å². The number of nitrogens with one attached hydrogen (secondary N) is 1. The average molecular weight is 278 g/mol. The zero-order valence-corrected chi connectivity index (χ0v) is 11.8. The van der Waals surface area contributed by atoms with Crippen molar-refractivity contribution in [3.8, 4) is 5.75 Å². The number of thiocarbonyl (C=S) groups is 1. The summed E-state index contributed by atoms with van der Waals surface area (Å²) in [5, 5.41) is 2.92. The fourth-order valence-corrected chi connectivity index (χ4v) is 1.82. The second-order valence-electron chi connectivity index (χ2n) is 4.78. The van der Waals surface area contributed by atoms with Crippen LogP contribution in [-0.2, 0) is 4.79 Å². The molecule has 1 aromatic rings. The van der Waals surface area contributed by atoms with Crippen LogP contribution in [0.5, 0.6) is 5.75 Å². The summed E-state index contributed by atoms with van der Waals surface area (Å²) in [7, 11) is 0. The fourth-order valence-electron chi connectivity index (χ4n) is 1.69. The molecular weight excluding hydrogens is 260 g/mol. The van der Waals surface area contributed by atoms with Gasteiger partial charge in [0, 0.05) is 11.6 Å². The molecule has 3 N–H and O–H groups in total. The lowest BCUT2D eigenvalue weighted by Gasteiger charge is -2.10. The number of amides is 1. The van der Waals surface area contributed by atoms with Crippen LogP contribution >= 0.6 is 12.2 Å². The number of nitrogens with two attached hydrogens (primary N) is 1. The quantitative estimate of drug-likeness (QED) is 0.777. The maximum atomic E-state index is 11.5. The Labute approximate surface area is 118 Å². The van der Waals surface area contributed by atoms with Crippen molar-refractivity contribution >= 4 is 23.1 Å². The summed E-state index contributed by atoms with van der Waals surface area (Å²) in [6.07, 6.45) is 2.57. The number of carbonyl (C=O) groups excluding carboxylic acids is 1. The molecule has 2 rings (SSSR count). The number of benzene rings is 1. The summed E-state index contributed by atoms with van der Waals surface area (Å²) in [4.78, 5) is 11.9. The fraction of sp³-hybridized carbons (Fsp3) is 0.429. The van der Waals surface area contributed by atoms with Gasteiger partial charge in [0.05, 0.1) is 13.0 Å². The van der Waals surface area contributed by atoms with E-state index in [4.69, 9.17) is 22.7 Å². The molecule has 4 nitrogen and oxygen atoms in total. The number of rotatable bonds is 6. The van der Waals surface area contributed by atoms with Gasteiger partial charge in [0.1, 0.15) is 10.7 Å². The largest absolute Gasteiger partial charge is 0.493 e. The predicted molar refractivity (Wildman–Crippen MR) is 78.3 cm³/mol. The Morgan fingerprint density at radius 3 is 2.89 bits per heavy atom. The third kappa shape index (κ3) is 4.21. The molecule has 5 heteroatoms. The van der Waals surface area contributed by atoms with Gasteiger partial charge >= 0.3 is 0 Å². The lowest BCUT2D eigenvalue weighted by Crippen LogP contribution is -2.26. The van der Waals surface area contributed by atoms with E-state index in [0.29, 0.717) is 24.1 Å². The van der Waals surface area contributed by atoms with Crippen molar-refractivity contribution < 1.29 is 9.53 Å². The first kappa shape index (κ1) is 13.8. The molecule has 0 aliphatic heterocycles. The SMILES string of the molecule is Cc1ccc(C(N)=S)cc1OCCC(=O)NC1CC1. The van der Waals surface area contributed by atoms with Gasteiger partial charge in [-0.15, -0.1) is 0 Å². The van der Waals surface area contributed by atoms with Crippen LogP contribution in [0.25, 0.3) is 0 Å². The number of hydrogen-bond acceptors (Lipinski definition) is 3. The van der Waals surface area contributed by atoms with Crippen molar-refractivity contribution in [3.63, 3.8) is 0 Å². The molecule has 0 atom stereocenters. The van der Waals surface area contributed by atoms with Crippen molar-refractivity contribution in [2.45, 2.75) is 32.2 Å². The summed E-state index contributed by atoms with van der Waals surface area (Å²) < 4.78 is 5.62. The molecule has 0 bridgehead atoms. The van der Waals surface area contributed by atoms with Gasteiger partial charge in [-0.05, 0) is 31.4 Å². The lowest BCUT2D eigenvalue weighted by molar-refractivity contribution is -0.121. The molecule has 1 saturated carbocycles. The van der Waals surface area contributed by atoms with Crippen molar-refractivity contribution in [2.24, 2.45) is 5.73 Å². The van der Waals surface area contributed by atoms with Gasteiger partial charge in [-0.2, -0.15) is 0 Å². The van der Waals surface area contributed by atoms with E-state index in [1.807, 2.05) is 25.1 Å². The zero-order valence-electron chi connectivity index (χ0n) is 10.9. The molecular formula is C14H18N2O2S. The second-order valence-corrected chi connectivity index (χ2v) is 5.22. The van der Waals surface area contributed by atoms with Crippen LogP contribution in [-0.4, -0.2) is 23.5 Å². The highest BCUT2D eigenvalue weighted by Crippen LogP contribution is 2.20. The van der Waals surface area contributed by atoms with E-state index in [1.54, 1.807) is 0 Å². The van der Waals surface area contributed by atoms with Crippen LogP contribution < -0.4 is 15.8 Å². The molecule has 1 aromatic carbocycles. The highest BCUT2D eigenvalue weighted by Gasteiger charge is 2.22. The van der Waals surface area contributed by atoms with E-state index in [0.717, 1.165) is 29.7 Å². The van der Waals surface area contributed by atoms with Crippen molar-refractivity contribution in [1.82, 2.24) is 5.32 Å². The van der Waals surface area contributed by atoms with E-state index in [1.165, 1.54) is 0 Å². The molecule has 102 valence electrons. The number of aryl methyl sites for hydroxylation is 1. The summed E-state index contributed by atoms with van der Waals surface area (Å²) in [6, 6.07) is 5.99. The maximum absolute atomic E-state index is 11.5. The van der Waals surface area contributed by atoms with E-state index in [2.05, 4.69) is 5.32 Å². The first-order valence-electron chi connectivity index (χ1n) is 6.39. The average Bonchev–Trinajstić information content (AvgIpc) is 3.15. The smallest absolute Gasteiger partial charge is 0.223 e. The maximum Gasteiger partial charge on any atom is 0.223 e. The van der Waals surface area contributed by atoms with Gasteiger partial charge in [-0.25, -0.2) is 0 Å². The van der Waals surface area contributed by atoms with Gasteiger partial charge in [-0.3, -0.25) is 4.79 Å². The van der Waals surface area contributed by atoms with E-state index in [-0.39, 0.29) is 5.91 Å². The molecule has 0 heterocycles. The van der Waals surface area contributed by atoms with Crippen molar-refractivity contribution in [2.75, 3.05) is 6.61 Å². The van der Waals surface area contributed by atoms with Crippen LogP contribution in [0.15, 0.2) is 18.2 Å². The Balaban J connectivity index is 1.85. The summed E-state index contributed by atoms with van der Waals surface area (Å²) in [6.45, 7) is 2.31. The molecule has 1 aliphatic rings. The molecule has 0 spiro atoms. The minimum absolute atomic E-state index is 0.0469. The van der Waals surface area contributed by atoms with Crippen LogP contribution in [0.3, 0.4) is 0 Å². The number of carbonyl (C=O) groups is 1. The summed E-state index contributed by atoms with van der Waals surface area (Å²) >= 11 is 4.93. The summed E-state index contributed by atoms with van der Waals surface area (Å²) in [5.41, 5.74) is 7.36. The van der Waals surface area contributed by atoms with Gasteiger partial charge in [0.15, 0.2) is 0 Å². The Morgan fingerprint density at radius 1 is 1.53 bits per heavy atom. The Kier molecular flexibility index (Phi) is 4.37. The topological polar surface area (TPSA) is 64.3 Å². The van der Waals surface area contributed by atoms with Crippen molar-refractivity contribution in [3.05, 3.63) is 29.3 Å². The second kappa shape index (κ2) is 6.02. The van der Waals surface area contributed by atoms with Gasteiger partial charge in [0.25, 0.3) is 0 Å². The van der Waals surface area contributed by atoms with Crippen LogP contribution in [0.1, 0.15) is 30.4 Å². The summed E-state index contributed by atoms with van der Waals surface area (Å²) in [5.74, 6) is 0.773. The first-order valence-corrected chi connectivity index (χ1v) is 6.79. The molecule has 0 radical (unpaired) electrons. The minimum atomic E-state index is 0.0469.